The fourth-order valence-corrected chi connectivity index (χ4v) is 8.33. The molecule has 1 saturated heterocycles. The topological polar surface area (TPSA) is 38.8 Å². The van der Waals surface area contributed by atoms with Gasteiger partial charge in [0.15, 0.2) is 0 Å². The van der Waals surface area contributed by atoms with E-state index in [2.05, 4.69) is 88.2 Å². The van der Waals surface area contributed by atoms with E-state index < -0.39 is 7.92 Å². The molecule has 3 rings (SSSR count). The predicted octanol–water partition coefficient (Wildman–Crippen LogP) is 7.61. The number of rotatable bonds is 14. The maximum Gasteiger partial charge on any atom is 0.309 e. The molecule has 0 aromatic heterocycles. The van der Waals surface area contributed by atoms with E-state index in [1.807, 2.05) is 19.1 Å². The first kappa shape index (κ1) is 30.8. The Bertz CT molecular complexity index is 905. The van der Waals surface area contributed by atoms with Crippen LogP contribution in [0.3, 0.4) is 0 Å². The van der Waals surface area contributed by atoms with Crippen molar-refractivity contribution in [3.63, 3.8) is 0 Å². The Labute approximate surface area is 233 Å². The summed E-state index contributed by atoms with van der Waals surface area (Å²) in [5, 5.41) is 4.78. The first-order valence-corrected chi connectivity index (χ1v) is 16.2. The monoisotopic (exact) mass is 539 g/mol. The van der Waals surface area contributed by atoms with Gasteiger partial charge in [-0.3, -0.25) is 9.63 Å². The van der Waals surface area contributed by atoms with Crippen LogP contribution in [0.1, 0.15) is 92.9 Å². The minimum absolute atomic E-state index is 0.0811. The van der Waals surface area contributed by atoms with Gasteiger partial charge >= 0.3 is 5.97 Å². The smallest absolute Gasteiger partial charge is 0.309 e. The van der Waals surface area contributed by atoms with Crippen molar-refractivity contribution in [2.24, 2.45) is 5.92 Å². The van der Waals surface area contributed by atoms with Gasteiger partial charge in [0.1, 0.15) is 6.10 Å². The summed E-state index contributed by atoms with van der Waals surface area (Å²) in [6.07, 6.45) is 9.76. The molecule has 0 radical (unpaired) electrons. The molecule has 0 spiro atoms. The number of hydrogen-bond donors (Lipinski definition) is 0. The second-order valence-electron chi connectivity index (χ2n) is 12.2. The highest BCUT2D eigenvalue weighted by Crippen LogP contribution is 2.41. The first-order chi connectivity index (χ1) is 18.1. The van der Waals surface area contributed by atoms with Crippen LogP contribution < -0.4 is 10.6 Å². The lowest BCUT2D eigenvalue weighted by molar-refractivity contribution is -0.293. The molecule has 1 aliphatic heterocycles. The van der Waals surface area contributed by atoms with Crippen molar-refractivity contribution < 1.29 is 14.4 Å². The first-order valence-electron chi connectivity index (χ1n) is 14.7. The SMILES string of the molecule is CCCCCCCCON1C(C)(C)CC(OC(=O)C(C)CP(c2ccccc2)c2ccccc2)CC1(C)C. The van der Waals surface area contributed by atoms with E-state index in [0.29, 0.717) is 0 Å². The summed E-state index contributed by atoms with van der Waals surface area (Å²) in [7, 11) is -0.634. The van der Waals surface area contributed by atoms with E-state index in [4.69, 9.17) is 9.57 Å². The van der Waals surface area contributed by atoms with Crippen LogP contribution in [0.2, 0.25) is 0 Å². The Hall–Kier alpha value is -1.74. The van der Waals surface area contributed by atoms with Crippen LogP contribution in [0.25, 0.3) is 0 Å². The van der Waals surface area contributed by atoms with Gasteiger partial charge in [-0.1, -0.05) is 107 Å². The summed E-state index contributed by atoms with van der Waals surface area (Å²) < 4.78 is 6.22. The highest BCUT2D eigenvalue weighted by atomic mass is 31.1. The highest BCUT2D eigenvalue weighted by molar-refractivity contribution is 7.73. The minimum atomic E-state index is -0.634. The molecule has 210 valence electrons. The van der Waals surface area contributed by atoms with Crippen molar-refractivity contribution in [3.8, 4) is 0 Å². The van der Waals surface area contributed by atoms with Gasteiger partial charge in [-0.25, -0.2) is 0 Å². The summed E-state index contributed by atoms with van der Waals surface area (Å²) in [6, 6.07) is 21.2. The maximum absolute atomic E-state index is 13.4. The lowest BCUT2D eigenvalue weighted by Gasteiger charge is -2.53. The van der Waals surface area contributed by atoms with Gasteiger partial charge in [-0.2, -0.15) is 5.06 Å². The highest BCUT2D eigenvalue weighted by Gasteiger charge is 2.48. The third-order valence-electron chi connectivity index (χ3n) is 7.55. The molecule has 1 atom stereocenters. The summed E-state index contributed by atoms with van der Waals surface area (Å²) in [5.41, 5.74) is -0.419. The van der Waals surface area contributed by atoms with Crippen LogP contribution >= 0.6 is 7.92 Å². The van der Waals surface area contributed by atoms with E-state index in [9.17, 15) is 4.79 Å². The lowest BCUT2D eigenvalue weighted by Crippen LogP contribution is -2.62. The molecule has 0 bridgehead atoms. The number of hydroxylamine groups is 2. The van der Waals surface area contributed by atoms with E-state index in [0.717, 1.165) is 32.0 Å². The minimum Gasteiger partial charge on any atom is -0.462 e. The lowest BCUT2D eigenvalue weighted by atomic mass is 9.80. The summed E-state index contributed by atoms with van der Waals surface area (Å²) in [5.74, 6) is -0.253. The van der Waals surface area contributed by atoms with Crippen LogP contribution in [-0.2, 0) is 14.4 Å². The number of nitrogens with zero attached hydrogens (tertiary/aromatic N) is 1. The van der Waals surface area contributed by atoms with Crippen molar-refractivity contribution in [1.29, 1.82) is 0 Å². The Kier molecular flexibility index (Phi) is 11.8. The number of piperidine rings is 1. The number of carbonyl (C=O) groups excluding carboxylic acids is 1. The normalized spacial score (nSPS) is 18.4. The third-order valence-corrected chi connectivity index (χ3v) is 10.3. The molecule has 0 aliphatic carbocycles. The Morgan fingerprint density at radius 1 is 0.868 bits per heavy atom. The Morgan fingerprint density at radius 3 is 1.89 bits per heavy atom. The van der Waals surface area contributed by atoms with Crippen LogP contribution in [-0.4, -0.2) is 41.0 Å². The Morgan fingerprint density at radius 2 is 1.37 bits per heavy atom. The van der Waals surface area contributed by atoms with Crippen molar-refractivity contribution >= 4 is 24.5 Å². The van der Waals surface area contributed by atoms with Crippen molar-refractivity contribution in [3.05, 3.63) is 60.7 Å². The van der Waals surface area contributed by atoms with Gasteiger partial charge in [0, 0.05) is 23.9 Å². The molecule has 0 saturated carbocycles. The van der Waals surface area contributed by atoms with Gasteiger partial charge in [0.2, 0.25) is 0 Å². The van der Waals surface area contributed by atoms with Crippen molar-refractivity contribution in [2.75, 3.05) is 12.8 Å². The molecule has 4 nitrogen and oxygen atoms in total. The molecule has 0 amide bonds. The fraction of sp³-hybridized carbons (Fsp3) is 0.606. The molecular formula is C33H50NO3P. The van der Waals surface area contributed by atoms with E-state index >= 15 is 0 Å². The molecule has 1 heterocycles. The molecule has 2 aromatic carbocycles. The molecule has 0 N–H and O–H groups in total. The van der Waals surface area contributed by atoms with Gasteiger partial charge in [0.05, 0.1) is 12.5 Å². The van der Waals surface area contributed by atoms with E-state index in [-0.39, 0.29) is 29.1 Å². The standard InChI is InChI=1S/C33H50NO3P/c1-7-8-9-10-11-18-23-36-34-32(3,4)24-28(25-33(34,5)6)37-31(35)27(2)26-38(29-19-14-12-15-20-29)30-21-16-13-17-22-30/h12-17,19-22,27-28H,7-11,18,23-26H2,1-6H3. The average molecular weight is 540 g/mol. The van der Waals surface area contributed by atoms with Crippen LogP contribution in [0.5, 0.6) is 0 Å². The van der Waals surface area contributed by atoms with Crippen molar-refractivity contribution in [2.45, 2.75) is 110 Å². The second kappa shape index (κ2) is 14.6. The molecule has 5 heteroatoms. The zero-order valence-corrected chi connectivity index (χ0v) is 25.5. The fourth-order valence-electron chi connectivity index (χ4n) is 5.85. The van der Waals surface area contributed by atoms with Gasteiger partial charge in [-0.05, 0) is 58.8 Å². The number of unbranched alkanes of at least 4 members (excludes halogenated alkanes) is 5. The predicted molar refractivity (Wildman–Crippen MR) is 162 cm³/mol. The van der Waals surface area contributed by atoms with Crippen molar-refractivity contribution in [1.82, 2.24) is 5.06 Å². The summed E-state index contributed by atoms with van der Waals surface area (Å²) in [4.78, 5) is 19.7. The van der Waals surface area contributed by atoms with E-state index in [1.54, 1.807) is 0 Å². The molecule has 1 unspecified atom stereocenters. The average Bonchev–Trinajstić information content (AvgIpc) is 2.88. The number of ether oxygens (including phenoxy) is 1. The zero-order valence-electron chi connectivity index (χ0n) is 24.6. The molecule has 1 aliphatic rings. The zero-order chi connectivity index (χ0) is 27.6. The van der Waals surface area contributed by atoms with Gasteiger partial charge < -0.3 is 4.74 Å². The number of carbonyl (C=O) groups is 1. The quantitative estimate of drug-likeness (QED) is 0.141. The Balaban J connectivity index is 1.57. The largest absolute Gasteiger partial charge is 0.462 e. The van der Waals surface area contributed by atoms with Crippen LogP contribution in [0.4, 0.5) is 0 Å². The molecule has 2 aromatic rings. The number of benzene rings is 2. The summed E-state index contributed by atoms with van der Waals surface area (Å²) >= 11 is 0. The third kappa shape index (κ3) is 8.90. The molecule has 1 fully saturated rings. The second-order valence-corrected chi connectivity index (χ2v) is 14.4. The van der Waals surface area contributed by atoms with E-state index in [1.165, 1.54) is 42.7 Å². The van der Waals surface area contributed by atoms with Crippen LogP contribution in [0.15, 0.2) is 60.7 Å². The summed E-state index contributed by atoms with van der Waals surface area (Å²) in [6.45, 7) is 13.9. The van der Waals surface area contributed by atoms with Gasteiger partial charge in [-0.15, -0.1) is 0 Å². The van der Waals surface area contributed by atoms with Crippen LogP contribution in [0, 0.1) is 5.92 Å². The molecule has 38 heavy (non-hydrogen) atoms. The van der Waals surface area contributed by atoms with Gasteiger partial charge in [0.25, 0.3) is 0 Å². The number of hydrogen-bond acceptors (Lipinski definition) is 4. The maximum atomic E-state index is 13.4. The molecular weight excluding hydrogens is 489 g/mol. The number of esters is 1.